The van der Waals surface area contributed by atoms with Crippen LogP contribution in [-0.4, -0.2) is 39.6 Å². The third kappa shape index (κ3) is 6.01. The summed E-state index contributed by atoms with van der Waals surface area (Å²) in [5.41, 5.74) is 4.56. The Balaban J connectivity index is 1.31. The summed E-state index contributed by atoms with van der Waals surface area (Å²) < 4.78 is 15.2. The molecule has 1 N–H and O–H groups in total. The van der Waals surface area contributed by atoms with E-state index in [0.717, 1.165) is 35.2 Å². The van der Waals surface area contributed by atoms with E-state index in [9.17, 15) is 14.0 Å². The third-order valence-corrected chi connectivity index (χ3v) is 6.21. The average Bonchev–Trinajstić information content (AvgIpc) is 3.63. The molecule has 1 aliphatic rings. The molecule has 0 spiro atoms. The van der Waals surface area contributed by atoms with Crippen molar-refractivity contribution in [3.63, 3.8) is 0 Å². The van der Waals surface area contributed by atoms with E-state index in [1.807, 2.05) is 48.7 Å². The molecule has 0 aliphatic heterocycles. The summed E-state index contributed by atoms with van der Waals surface area (Å²) in [5, 5.41) is 7.67. The minimum Gasteiger partial charge on any atom is -0.349 e. The fourth-order valence-corrected chi connectivity index (χ4v) is 3.95. The molecule has 6 nitrogen and oxygen atoms in total. The lowest BCUT2D eigenvalue weighted by Crippen LogP contribution is -2.26. The number of hydrogen-bond donors (Lipinski definition) is 1. The van der Waals surface area contributed by atoms with Crippen molar-refractivity contribution in [3.05, 3.63) is 114 Å². The standard InChI is InChI=1S/C30H27FN4O2/c1-34(19-21-7-9-23(10-8-21)30(37)32-26-16-17-26)28(36)18-13-24-20-35(27-5-3-2-4-6-27)33-29(24)22-11-14-25(31)15-12-22/h2-15,18,20,26H,16-17,19H2,1H3,(H,32,37)/b18-13+. The molecule has 1 fully saturated rings. The van der Waals surface area contributed by atoms with Crippen LogP contribution in [0.1, 0.15) is 34.3 Å². The Kier molecular flexibility index (Phi) is 6.94. The lowest BCUT2D eigenvalue weighted by Gasteiger charge is -2.15. The van der Waals surface area contributed by atoms with E-state index in [1.165, 1.54) is 18.2 Å². The molecule has 0 bridgehead atoms. The highest BCUT2D eigenvalue weighted by Crippen LogP contribution is 2.25. The predicted octanol–water partition coefficient (Wildman–Crippen LogP) is 5.24. The molecule has 0 atom stereocenters. The number of carbonyl (C=O) groups excluding carboxylic acids is 2. The Morgan fingerprint density at radius 3 is 2.41 bits per heavy atom. The van der Waals surface area contributed by atoms with Crippen LogP contribution in [0.5, 0.6) is 0 Å². The van der Waals surface area contributed by atoms with Gasteiger partial charge in [-0.25, -0.2) is 9.07 Å². The van der Waals surface area contributed by atoms with Crippen molar-refractivity contribution in [2.24, 2.45) is 0 Å². The summed E-state index contributed by atoms with van der Waals surface area (Å²) in [7, 11) is 1.73. The molecule has 2 amide bonds. The van der Waals surface area contributed by atoms with Crippen molar-refractivity contribution < 1.29 is 14.0 Å². The first-order valence-electron chi connectivity index (χ1n) is 12.2. The van der Waals surface area contributed by atoms with Crippen molar-refractivity contribution in [1.82, 2.24) is 20.0 Å². The second kappa shape index (κ2) is 10.6. The number of rotatable bonds is 8. The second-order valence-electron chi connectivity index (χ2n) is 9.19. The maximum atomic E-state index is 13.5. The number of carbonyl (C=O) groups is 2. The minimum absolute atomic E-state index is 0.0607. The molecular weight excluding hydrogens is 467 g/mol. The van der Waals surface area contributed by atoms with Crippen LogP contribution >= 0.6 is 0 Å². The van der Waals surface area contributed by atoms with Crippen LogP contribution in [-0.2, 0) is 11.3 Å². The SMILES string of the molecule is CN(Cc1ccc(C(=O)NC2CC2)cc1)C(=O)/C=C/c1cn(-c2ccccc2)nc1-c1ccc(F)cc1. The largest absolute Gasteiger partial charge is 0.349 e. The average molecular weight is 495 g/mol. The molecule has 0 radical (unpaired) electrons. The van der Waals surface area contributed by atoms with Gasteiger partial charge in [0.2, 0.25) is 5.91 Å². The number of benzene rings is 3. The first-order chi connectivity index (χ1) is 18.0. The third-order valence-electron chi connectivity index (χ3n) is 6.21. The maximum Gasteiger partial charge on any atom is 0.251 e. The molecule has 4 aromatic rings. The molecule has 1 heterocycles. The van der Waals surface area contributed by atoms with E-state index in [1.54, 1.807) is 47.0 Å². The minimum atomic E-state index is -0.322. The normalized spacial score (nSPS) is 13.0. The van der Waals surface area contributed by atoms with Gasteiger partial charge in [0.15, 0.2) is 0 Å². The molecule has 7 heteroatoms. The number of amides is 2. The summed E-state index contributed by atoms with van der Waals surface area (Å²) in [6.45, 7) is 0.405. The van der Waals surface area contributed by atoms with Gasteiger partial charge in [-0.05, 0) is 73.0 Å². The van der Waals surface area contributed by atoms with E-state index >= 15 is 0 Å². The zero-order valence-corrected chi connectivity index (χ0v) is 20.5. The van der Waals surface area contributed by atoms with Crippen LogP contribution in [0.2, 0.25) is 0 Å². The van der Waals surface area contributed by atoms with Crippen molar-refractivity contribution >= 4 is 17.9 Å². The molecule has 3 aromatic carbocycles. The zero-order chi connectivity index (χ0) is 25.8. The van der Waals surface area contributed by atoms with E-state index < -0.39 is 0 Å². The zero-order valence-electron chi connectivity index (χ0n) is 20.5. The van der Waals surface area contributed by atoms with Crippen LogP contribution in [0.25, 0.3) is 23.0 Å². The molecule has 0 unspecified atom stereocenters. The molecule has 1 saturated carbocycles. The highest BCUT2D eigenvalue weighted by atomic mass is 19.1. The summed E-state index contributed by atoms with van der Waals surface area (Å²) in [4.78, 5) is 26.7. The van der Waals surface area contributed by atoms with Crippen LogP contribution in [0, 0.1) is 5.82 Å². The Bertz CT molecular complexity index is 1420. The number of para-hydroxylation sites is 1. The Morgan fingerprint density at radius 2 is 1.73 bits per heavy atom. The van der Waals surface area contributed by atoms with Gasteiger partial charge in [-0.2, -0.15) is 5.10 Å². The molecule has 186 valence electrons. The van der Waals surface area contributed by atoms with E-state index in [0.29, 0.717) is 23.8 Å². The molecular formula is C30H27FN4O2. The molecule has 1 aliphatic carbocycles. The van der Waals surface area contributed by atoms with Gasteiger partial charge >= 0.3 is 0 Å². The van der Waals surface area contributed by atoms with Crippen LogP contribution in [0.3, 0.4) is 0 Å². The highest BCUT2D eigenvalue weighted by molar-refractivity contribution is 5.95. The lowest BCUT2D eigenvalue weighted by molar-refractivity contribution is -0.125. The fraction of sp³-hybridized carbons (Fsp3) is 0.167. The summed E-state index contributed by atoms with van der Waals surface area (Å²) in [6.07, 6.45) is 7.18. The predicted molar refractivity (Wildman–Crippen MR) is 141 cm³/mol. The van der Waals surface area contributed by atoms with Gasteiger partial charge in [-0.15, -0.1) is 0 Å². The summed E-state index contributed by atoms with van der Waals surface area (Å²) >= 11 is 0. The highest BCUT2D eigenvalue weighted by Gasteiger charge is 2.23. The van der Waals surface area contributed by atoms with Crippen molar-refractivity contribution in [1.29, 1.82) is 0 Å². The van der Waals surface area contributed by atoms with Crippen molar-refractivity contribution in [2.75, 3.05) is 7.05 Å². The van der Waals surface area contributed by atoms with Crippen LogP contribution in [0.15, 0.2) is 91.1 Å². The van der Waals surface area contributed by atoms with Gasteiger partial charge in [0.05, 0.1) is 11.4 Å². The quantitative estimate of drug-likeness (QED) is 0.341. The van der Waals surface area contributed by atoms with E-state index in [-0.39, 0.29) is 17.6 Å². The van der Waals surface area contributed by atoms with Crippen molar-refractivity contribution in [2.45, 2.75) is 25.4 Å². The maximum absolute atomic E-state index is 13.5. The number of aromatic nitrogens is 2. The van der Waals surface area contributed by atoms with Crippen molar-refractivity contribution in [3.8, 4) is 16.9 Å². The van der Waals surface area contributed by atoms with Gasteiger partial charge in [0.1, 0.15) is 5.82 Å². The number of hydrogen-bond acceptors (Lipinski definition) is 3. The smallest absolute Gasteiger partial charge is 0.251 e. The monoisotopic (exact) mass is 494 g/mol. The van der Waals surface area contributed by atoms with E-state index in [4.69, 9.17) is 5.10 Å². The molecule has 0 saturated heterocycles. The first kappa shape index (κ1) is 24.2. The number of nitrogens with one attached hydrogen (secondary N) is 1. The van der Waals surface area contributed by atoms with Gasteiger partial charge in [0, 0.05) is 48.6 Å². The van der Waals surface area contributed by atoms with Crippen LogP contribution < -0.4 is 5.32 Å². The number of likely N-dealkylation sites (N-methyl/N-ethyl adjacent to an activating group) is 1. The Labute approximate surface area is 215 Å². The first-order valence-corrected chi connectivity index (χ1v) is 12.2. The van der Waals surface area contributed by atoms with Crippen LogP contribution in [0.4, 0.5) is 4.39 Å². The molecule has 1 aromatic heterocycles. The van der Waals surface area contributed by atoms with Gasteiger partial charge in [-0.3, -0.25) is 9.59 Å². The molecule has 37 heavy (non-hydrogen) atoms. The van der Waals surface area contributed by atoms with E-state index in [2.05, 4.69) is 5.32 Å². The Morgan fingerprint density at radius 1 is 1.03 bits per heavy atom. The second-order valence-corrected chi connectivity index (χ2v) is 9.19. The number of nitrogens with zero attached hydrogens (tertiary/aromatic N) is 3. The topological polar surface area (TPSA) is 67.2 Å². The summed E-state index contributed by atoms with van der Waals surface area (Å²) in [5.74, 6) is -0.556. The van der Waals surface area contributed by atoms with Gasteiger partial charge in [-0.1, -0.05) is 30.3 Å². The molecule has 5 rings (SSSR count). The van der Waals surface area contributed by atoms with Gasteiger partial charge in [0.25, 0.3) is 5.91 Å². The number of halogens is 1. The van der Waals surface area contributed by atoms with Gasteiger partial charge < -0.3 is 10.2 Å². The Hall–Kier alpha value is -4.52. The lowest BCUT2D eigenvalue weighted by atomic mass is 10.1. The fourth-order valence-electron chi connectivity index (χ4n) is 3.95. The summed E-state index contributed by atoms with van der Waals surface area (Å²) in [6, 6.07) is 23.4.